The number of unbranched alkanes of at least 4 members (excludes halogenated alkanes) is 20. The molecule has 0 radical (unpaired) electrons. The maximum Gasteiger partial charge on any atom is 0.220 e. The van der Waals surface area contributed by atoms with E-state index in [1.54, 1.807) is 6.08 Å². The lowest BCUT2D eigenvalue weighted by atomic mass is 9.99. The summed E-state index contributed by atoms with van der Waals surface area (Å²) in [5, 5.41) is 54.2. The maximum atomic E-state index is 13.0. The molecule has 9 heteroatoms. The fraction of sp³-hybridized carbons (Fsp3) is 0.776. The van der Waals surface area contributed by atoms with Gasteiger partial charge in [-0.15, -0.1) is 0 Å². The van der Waals surface area contributed by atoms with Gasteiger partial charge >= 0.3 is 0 Å². The summed E-state index contributed by atoms with van der Waals surface area (Å²) in [6.45, 7) is 3.64. The van der Waals surface area contributed by atoms with Crippen LogP contribution in [-0.4, -0.2) is 87.5 Å². The van der Waals surface area contributed by atoms with Crippen LogP contribution in [0.15, 0.2) is 60.8 Å². The minimum Gasteiger partial charge on any atom is -0.394 e. The lowest BCUT2D eigenvalue weighted by Crippen LogP contribution is -2.60. The first kappa shape index (κ1) is 53.9. The summed E-state index contributed by atoms with van der Waals surface area (Å²) in [6, 6.07) is -0.819. The molecule has 1 aliphatic rings. The number of rotatable bonds is 38. The predicted molar refractivity (Wildman–Crippen MR) is 239 cm³/mol. The van der Waals surface area contributed by atoms with Gasteiger partial charge in [0, 0.05) is 6.42 Å². The quantitative estimate of drug-likeness (QED) is 0.0267. The molecule has 9 nitrogen and oxygen atoms in total. The summed E-state index contributed by atoms with van der Waals surface area (Å²) >= 11 is 0. The Bertz CT molecular complexity index is 1090. The Labute approximate surface area is 354 Å². The standard InChI is InChI=1S/C49H87NO8/c1-3-5-7-9-11-13-15-17-19-21-23-24-26-28-30-32-34-36-38-43(52)42(41-57-49-48(56)47(55)46(54)44(40-51)58-49)50-45(53)39-37-35-33-31-29-27-25-22-20-18-16-14-12-10-8-6-4-2/h6,8,12,14,18,20,25,27,36,38,42-44,46-49,51-52,54-56H,3-5,7,9-11,13,15-17,19,21-24,26,28-35,37,39-41H2,1-2H3,(H,50,53)/b8-6-,14-12-,20-18-,27-25-,38-36+. The van der Waals surface area contributed by atoms with Gasteiger partial charge in [-0.1, -0.05) is 184 Å². The second kappa shape index (κ2) is 39.1. The summed E-state index contributed by atoms with van der Waals surface area (Å²) in [5.41, 5.74) is 0. The van der Waals surface area contributed by atoms with E-state index >= 15 is 0 Å². The molecule has 0 spiro atoms. The molecule has 0 saturated carbocycles. The van der Waals surface area contributed by atoms with Crippen LogP contribution in [0, 0.1) is 0 Å². The zero-order valence-corrected chi connectivity index (χ0v) is 36.8. The Morgan fingerprint density at radius 1 is 0.603 bits per heavy atom. The number of carbonyl (C=O) groups is 1. The SMILES string of the molecule is CC/C=C\C/C=C\C/C=C\C/C=C\CCCCCCC(=O)NC(COC1OC(CO)C(O)C(O)C1O)C(O)/C=C/CCCCCCCCCCCCCCCCCC. The van der Waals surface area contributed by atoms with Crippen molar-refractivity contribution in [2.75, 3.05) is 13.2 Å². The molecular formula is C49H87NO8. The number of aliphatic hydroxyl groups excluding tert-OH is 5. The summed E-state index contributed by atoms with van der Waals surface area (Å²) in [5.74, 6) is -0.202. The van der Waals surface area contributed by atoms with E-state index in [9.17, 15) is 30.3 Å². The fourth-order valence-corrected chi connectivity index (χ4v) is 7.09. The van der Waals surface area contributed by atoms with E-state index in [0.717, 1.165) is 77.0 Å². The smallest absolute Gasteiger partial charge is 0.220 e. The minimum atomic E-state index is -1.57. The average molecular weight is 818 g/mol. The van der Waals surface area contributed by atoms with Crippen LogP contribution in [0.3, 0.4) is 0 Å². The molecule has 0 aromatic carbocycles. The van der Waals surface area contributed by atoms with E-state index in [1.165, 1.54) is 89.9 Å². The van der Waals surface area contributed by atoms with Gasteiger partial charge in [-0.25, -0.2) is 0 Å². The Morgan fingerprint density at radius 3 is 1.59 bits per heavy atom. The molecule has 58 heavy (non-hydrogen) atoms. The molecule has 6 N–H and O–H groups in total. The molecule has 1 rings (SSSR count). The molecule has 0 aromatic rings. The van der Waals surface area contributed by atoms with Gasteiger partial charge in [0.2, 0.25) is 5.91 Å². The third kappa shape index (κ3) is 29.2. The van der Waals surface area contributed by atoms with Gasteiger partial charge in [0.05, 0.1) is 25.4 Å². The Hall–Kier alpha value is -2.11. The molecule has 0 aliphatic carbocycles. The lowest BCUT2D eigenvalue weighted by molar-refractivity contribution is -0.302. The van der Waals surface area contributed by atoms with E-state index < -0.39 is 49.5 Å². The highest BCUT2D eigenvalue weighted by Crippen LogP contribution is 2.22. The van der Waals surface area contributed by atoms with Crippen molar-refractivity contribution in [2.24, 2.45) is 0 Å². The number of amides is 1. The first-order valence-electron chi connectivity index (χ1n) is 23.5. The number of aliphatic hydroxyl groups is 5. The lowest BCUT2D eigenvalue weighted by Gasteiger charge is -2.40. The largest absolute Gasteiger partial charge is 0.394 e. The van der Waals surface area contributed by atoms with Crippen molar-refractivity contribution in [3.8, 4) is 0 Å². The topological polar surface area (TPSA) is 149 Å². The molecule has 1 amide bonds. The van der Waals surface area contributed by atoms with Crippen LogP contribution in [0.5, 0.6) is 0 Å². The molecule has 7 atom stereocenters. The fourth-order valence-electron chi connectivity index (χ4n) is 7.09. The van der Waals surface area contributed by atoms with E-state index in [1.807, 2.05) is 6.08 Å². The average Bonchev–Trinajstić information content (AvgIpc) is 3.22. The molecule has 1 fully saturated rings. The highest BCUT2D eigenvalue weighted by atomic mass is 16.7. The van der Waals surface area contributed by atoms with Crippen molar-refractivity contribution in [2.45, 2.75) is 230 Å². The number of ether oxygens (including phenoxy) is 2. The molecule has 1 saturated heterocycles. The van der Waals surface area contributed by atoms with Gasteiger partial charge in [0.15, 0.2) is 6.29 Å². The van der Waals surface area contributed by atoms with Crippen molar-refractivity contribution in [1.29, 1.82) is 0 Å². The van der Waals surface area contributed by atoms with Gasteiger partial charge < -0.3 is 40.3 Å². The second-order valence-corrected chi connectivity index (χ2v) is 16.2. The number of hydrogen-bond donors (Lipinski definition) is 6. The third-order valence-corrected chi connectivity index (χ3v) is 10.8. The van der Waals surface area contributed by atoms with Crippen molar-refractivity contribution >= 4 is 5.91 Å². The molecule has 7 unspecified atom stereocenters. The van der Waals surface area contributed by atoms with Gasteiger partial charge in [0.25, 0.3) is 0 Å². The van der Waals surface area contributed by atoms with Crippen molar-refractivity contribution < 1.29 is 39.8 Å². The van der Waals surface area contributed by atoms with Crippen molar-refractivity contribution in [3.63, 3.8) is 0 Å². The minimum absolute atomic E-state index is 0.201. The van der Waals surface area contributed by atoms with E-state index in [2.05, 4.69) is 67.8 Å². The zero-order chi connectivity index (χ0) is 42.3. The monoisotopic (exact) mass is 818 g/mol. The number of allylic oxidation sites excluding steroid dienone is 9. The summed E-state index contributed by atoms with van der Waals surface area (Å²) in [4.78, 5) is 13.0. The first-order valence-corrected chi connectivity index (χ1v) is 23.5. The molecule has 1 aliphatic heterocycles. The normalized spacial score (nSPS) is 21.4. The van der Waals surface area contributed by atoms with Crippen LogP contribution in [0.2, 0.25) is 0 Å². The van der Waals surface area contributed by atoms with Gasteiger partial charge in [-0.2, -0.15) is 0 Å². The zero-order valence-electron chi connectivity index (χ0n) is 36.8. The maximum absolute atomic E-state index is 13.0. The molecule has 0 aromatic heterocycles. The molecular weight excluding hydrogens is 731 g/mol. The van der Waals surface area contributed by atoms with Gasteiger partial charge in [0.1, 0.15) is 24.4 Å². The van der Waals surface area contributed by atoms with Crippen LogP contribution >= 0.6 is 0 Å². The summed E-state index contributed by atoms with van der Waals surface area (Å²) in [6.07, 6.45) is 44.0. The molecule has 0 bridgehead atoms. The first-order chi connectivity index (χ1) is 28.3. The van der Waals surface area contributed by atoms with Crippen LogP contribution in [0.1, 0.15) is 187 Å². The highest BCUT2D eigenvalue weighted by Gasteiger charge is 2.44. The van der Waals surface area contributed by atoms with Crippen LogP contribution < -0.4 is 5.32 Å². The number of hydrogen-bond acceptors (Lipinski definition) is 8. The summed E-state index contributed by atoms with van der Waals surface area (Å²) in [7, 11) is 0. The van der Waals surface area contributed by atoms with Crippen LogP contribution in [0.4, 0.5) is 0 Å². The van der Waals surface area contributed by atoms with E-state index in [4.69, 9.17) is 9.47 Å². The third-order valence-electron chi connectivity index (χ3n) is 10.8. The Balaban J connectivity index is 2.38. The van der Waals surface area contributed by atoms with Gasteiger partial charge in [-0.3, -0.25) is 4.79 Å². The number of carbonyl (C=O) groups excluding carboxylic acids is 1. The predicted octanol–water partition coefficient (Wildman–Crippen LogP) is 10.0. The van der Waals surface area contributed by atoms with E-state index in [-0.39, 0.29) is 12.5 Å². The van der Waals surface area contributed by atoms with E-state index in [0.29, 0.717) is 6.42 Å². The van der Waals surface area contributed by atoms with Crippen LogP contribution in [0.25, 0.3) is 0 Å². The Kier molecular flexibility index (Phi) is 36.3. The number of nitrogens with one attached hydrogen (secondary N) is 1. The van der Waals surface area contributed by atoms with Gasteiger partial charge in [-0.05, 0) is 57.8 Å². The Morgan fingerprint density at radius 2 is 1.07 bits per heavy atom. The molecule has 1 heterocycles. The van der Waals surface area contributed by atoms with Crippen molar-refractivity contribution in [3.05, 3.63) is 60.8 Å². The molecule has 336 valence electrons. The van der Waals surface area contributed by atoms with Crippen molar-refractivity contribution in [1.82, 2.24) is 5.32 Å². The second-order valence-electron chi connectivity index (χ2n) is 16.2. The van der Waals surface area contributed by atoms with Crippen LogP contribution in [-0.2, 0) is 14.3 Å². The highest BCUT2D eigenvalue weighted by molar-refractivity contribution is 5.76. The summed E-state index contributed by atoms with van der Waals surface area (Å²) < 4.78 is 11.2.